The molecule has 0 bridgehead atoms. The third-order valence-corrected chi connectivity index (χ3v) is 7.52. The van der Waals surface area contributed by atoms with Crippen LogP contribution < -0.4 is 0 Å². The summed E-state index contributed by atoms with van der Waals surface area (Å²) in [6.07, 6.45) is 2.43. The molecule has 1 aliphatic rings. The van der Waals surface area contributed by atoms with E-state index in [2.05, 4.69) is 18.7 Å². The van der Waals surface area contributed by atoms with Gasteiger partial charge in [-0.15, -0.1) is 6.58 Å². The van der Waals surface area contributed by atoms with E-state index in [1.165, 1.54) is 15.4 Å². The third-order valence-electron chi connectivity index (χ3n) is 5.69. The Kier molecular flexibility index (Phi) is 6.53. The van der Waals surface area contributed by atoms with Gasteiger partial charge in [-0.25, -0.2) is 8.42 Å². The molecule has 4 rings (SSSR count). The first-order chi connectivity index (χ1) is 15.5. The van der Waals surface area contributed by atoms with Gasteiger partial charge in [-0.05, 0) is 47.4 Å². The second-order valence-corrected chi connectivity index (χ2v) is 9.78. The maximum atomic E-state index is 13.0. The molecule has 0 saturated heterocycles. The minimum atomic E-state index is -3.65. The van der Waals surface area contributed by atoms with Crippen molar-refractivity contribution < 1.29 is 13.2 Å². The molecule has 32 heavy (non-hydrogen) atoms. The fraction of sp³-hybridized carbons (Fsp3) is 0.192. The normalized spacial score (nSPS) is 13.6. The molecule has 0 spiro atoms. The zero-order valence-corrected chi connectivity index (χ0v) is 18.7. The molecule has 0 N–H and O–H groups in total. The number of carbonyl (C=O) groups excluding carboxylic acids is 1. The molecule has 0 aromatic heterocycles. The fourth-order valence-electron chi connectivity index (χ4n) is 3.94. The van der Waals surface area contributed by atoms with E-state index in [1.54, 1.807) is 48.5 Å². The molecule has 0 aliphatic carbocycles. The van der Waals surface area contributed by atoms with Crippen LogP contribution in [-0.4, -0.2) is 36.6 Å². The van der Waals surface area contributed by atoms with Crippen molar-refractivity contribution in [2.75, 3.05) is 13.1 Å². The Labute approximate surface area is 189 Å². The van der Waals surface area contributed by atoms with Crippen LogP contribution in [0.5, 0.6) is 0 Å². The van der Waals surface area contributed by atoms with Gasteiger partial charge in [0.15, 0.2) is 0 Å². The smallest absolute Gasteiger partial charge is 0.254 e. The van der Waals surface area contributed by atoms with Crippen molar-refractivity contribution in [1.82, 2.24) is 9.21 Å². The molecule has 164 valence electrons. The van der Waals surface area contributed by atoms with Crippen LogP contribution in [0.25, 0.3) is 0 Å². The summed E-state index contributed by atoms with van der Waals surface area (Å²) < 4.78 is 27.4. The van der Waals surface area contributed by atoms with E-state index in [4.69, 9.17) is 0 Å². The van der Waals surface area contributed by atoms with E-state index in [9.17, 15) is 13.2 Å². The maximum absolute atomic E-state index is 13.0. The van der Waals surface area contributed by atoms with E-state index < -0.39 is 10.0 Å². The fourth-order valence-corrected chi connectivity index (χ4v) is 5.36. The predicted octanol–water partition coefficient (Wildman–Crippen LogP) is 4.26. The van der Waals surface area contributed by atoms with Gasteiger partial charge in [0.1, 0.15) is 0 Å². The molecule has 0 fully saturated rings. The first-order valence-corrected chi connectivity index (χ1v) is 12.0. The van der Waals surface area contributed by atoms with E-state index in [0.717, 1.165) is 12.0 Å². The Balaban J connectivity index is 1.48. The molecular weight excluding hydrogens is 420 g/mol. The van der Waals surface area contributed by atoms with Crippen LogP contribution in [0.1, 0.15) is 27.0 Å². The highest BCUT2D eigenvalue weighted by molar-refractivity contribution is 7.89. The average Bonchev–Trinajstić information content (AvgIpc) is 2.84. The Morgan fingerprint density at radius 1 is 0.938 bits per heavy atom. The first-order valence-electron chi connectivity index (χ1n) is 10.6. The number of amides is 1. The first kappa shape index (κ1) is 22.0. The second kappa shape index (κ2) is 9.51. The largest absolute Gasteiger partial charge is 0.334 e. The lowest BCUT2D eigenvalue weighted by Gasteiger charge is -2.29. The zero-order valence-electron chi connectivity index (χ0n) is 17.9. The van der Waals surface area contributed by atoms with E-state index >= 15 is 0 Å². The lowest BCUT2D eigenvalue weighted by Crippen LogP contribution is -2.36. The van der Waals surface area contributed by atoms with Crippen molar-refractivity contribution in [1.29, 1.82) is 0 Å². The Morgan fingerprint density at radius 3 is 2.28 bits per heavy atom. The summed E-state index contributed by atoms with van der Waals surface area (Å²) in [6, 6.07) is 23.8. The van der Waals surface area contributed by atoms with Gasteiger partial charge in [0.2, 0.25) is 10.0 Å². The number of carbonyl (C=O) groups is 1. The molecule has 3 aromatic carbocycles. The molecule has 3 aromatic rings. The van der Waals surface area contributed by atoms with Crippen molar-refractivity contribution in [2.24, 2.45) is 0 Å². The summed E-state index contributed by atoms with van der Waals surface area (Å²) in [5, 5.41) is 0. The standard InChI is InChI=1S/C26H26N2O3S/c1-2-17-28(32(30,31)25-10-4-3-5-11-25)19-21-12-14-23(15-13-21)26(29)27-18-16-22-8-6-7-9-24(22)20-27/h2-15H,1,16-20H2. The molecule has 0 saturated carbocycles. The van der Waals surface area contributed by atoms with Crippen LogP contribution in [0.4, 0.5) is 0 Å². The molecule has 6 heteroatoms. The number of nitrogens with zero attached hydrogens (tertiary/aromatic N) is 2. The van der Waals surface area contributed by atoms with Gasteiger partial charge in [0.25, 0.3) is 5.91 Å². The molecule has 0 atom stereocenters. The average molecular weight is 447 g/mol. The van der Waals surface area contributed by atoms with Gasteiger partial charge in [-0.3, -0.25) is 4.79 Å². The van der Waals surface area contributed by atoms with E-state index in [1.807, 2.05) is 29.2 Å². The summed E-state index contributed by atoms with van der Waals surface area (Å²) in [4.78, 5) is 15.1. The minimum absolute atomic E-state index is 0.00842. The topological polar surface area (TPSA) is 57.7 Å². The number of hydrogen-bond acceptors (Lipinski definition) is 3. The third kappa shape index (κ3) is 4.66. The summed E-state index contributed by atoms with van der Waals surface area (Å²) in [5.41, 5.74) is 3.91. The van der Waals surface area contributed by atoms with Crippen LogP contribution in [-0.2, 0) is 29.5 Å². The lowest BCUT2D eigenvalue weighted by atomic mass is 9.99. The number of fused-ring (bicyclic) bond motifs is 1. The maximum Gasteiger partial charge on any atom is 0.254 e. The van der Waals surface area contributed by atoms with Crippen molar-refractivity contribution in [2.45, 2.75) is 24.4 Å². The predicted molar refractivity (Wildman–Crippen MR) is 126 cm³/mol. The zero-order chi connectivity index (χ0) is 22.6. The van der Waals surface area contributed by atoms with Crippen LogP contribution in [0.3, 0.4) is 0 Å². The summed E-state index contributed by atoms with van der Waals surface area (Å²) in [7, 11) is -3.65. The van der Waals surface area contributed by atoms with Crippen LogP contribution in [0, 0.1) is 0 Å². The molecule has 5 nitrogen and oxygen atoms in total. The van der Waals surface area contributed by atoms with Gasteiger partial charge in [0, 0.05) is 31.7 Å². The van der Waals surface area contributed by atoms with E-state index in [0.29, 0.717) is 18.7 Å². The van der Waals surface area contributed by atoms with Crippen molar-refractivity contribution in [3.63, 3.8) is 0 Å². The quantitative estimate of drug-likeness (QED) is 0.510. The monoisotopic (exact) mass is 446 g/mol. The molecular formula is C26H26N2O3S. The van der Waals surface area contributed by atoms with Crippen LogP contribution in [0.2, 0.25) is 0 Å². The number of sulfonamides is 1. The lowest BCUT2D eigenvalue weighted by molar-refractivity contribution is 0.0734. The summed E-state index contributed by atoms with van der Waals surface area (Å²) in [6.45, 7) is 5.41. The SMILES string of the molecule is C=CCN(Cc1ccc(C(=O)N2CCc3ccccc3C2)cc1)S(=O)(=O)c1ccccc1. The molecule has 1 heterocycles. The minimum Gasteiger partial charge on any atom is -0.334 e. The van der Waals surface area contributed by atoms with Crippen molar-refractivity contribution in [3.05, 3.63) is 114 Å². The Morgan fingerprint density at radius 2 is 1.59 bits per heavy atom. The highest BCUT2D eigenvalue weighted by Gasteiger charge is 2.24. The Bertz CT molecular complexity index is 1210. The van der Waals surface area contributed by atoms with Gasteiger partial charge < -0.3 is 4.90 Å². The summed E-state index contributed by atoms with van der Waals surface area (Å²) >= 11 is 0. The molecule has 1 aliphatic heterocycles. The van der Waals surface area contributed by atoms with Gasteiger partial charge >= 0.3 is 0 Å². The van der Waals surface area contributed by atoms with Crippen molar-refractivity contribution in [3.8, 4) is 0 Å². The highest BCUT2D eigenvalue weighted by atomic mass is 32.2. The molecule has 0 radical (unpaired) electrons. The van der Waals surface area contributed by atoms with Crippen LogP contribution in [0.15, 0.2) is 96.4 Å². The molecule has 0 unspecified atom stereocenters. The molecule has 1 amide bonds. The van der Waals surface area contributed by atoms with Gasteiger partial charge in [0.05, 0.1) is 4.90 Å². The van der Waals surface area contributed by atoms with Gasteiger partial charge in [-0.1, -0.05) is 60.7 Å². The Hall–Kier alpha value is -3.22. The number of rotatable bonds is 7. The van der Waals surface area contributed by atoms with Crippen molar-refractivity contribution >= 4 is 15.9 Å². The number of hydrogen-bond donors (Lipinski definition) is 0. The second-order valence-electron chi connectivity index (χ2n) is 7.84. The van der Waals surface area contributed by atoms with E-state index in [-0.39, 0.29) is 23.9 Å². The van der Waals surface area contributed by atoms with Crippen LogP contribution >= 0.6 is 0 Å². The number of benzene rings is 3. The summed E-state index contributed by atoms with van der Waals surface area (Å²) in [5.74, 6) is -0.00842. The van der Waals surface area contributed by atoms with Gasteiger partial charge in [-0.2, -0.15) is 4.31 Å². The highest BCUT2D eigenvalue weighted by Crippen LogP contribution is 2.22.